The fourth-order valence-corrected chi connectivity index (χ4v) is 3.53. The molecule has 5 nitrogen and oxygen atoms in total. The predicted molar refractivity (Wildman–Crippen MR) is 108 cm³/mol. The molecule has 0 spiro atoms. The molecule has 140 valence electrons. The maximum Gasteiger partial charge on any atom is 0.193 e. The molecule has 0 saturated carbocycles. The Kier molecular flexibility index (Phi) is 5.96. The molecule has 0 amide bonds. The summed E-state index contributed by atoms with van der Waals surface area (Å²) in [6.45, 7) is 10.3. The number of aliphatic imine (C=N–C) groups is 1. The molecule has 26 heavy (non-hydrogen) atoms. The number of aryl methyl sites for hydroxylation is 2. The number of nitrogens with zero attached hydrogens (tertiary/aromatic N) is 4. The second-order valence-corrected chi connectivity index (χ2v) is 7.39. The van der Waals surface area contributed by atoms with Gasteiger partial charge >= 0.3 is 0 Å². The van der Waals surface area contributed by atoms with Crippen molar-refractivity contribution in [3.8, 4) is 0 Å². The molecule has 1 aliphatic rings. The molecule has 1 aromatic heterocycles. The number of nitrogens with one attached hydrogen (secondary N) is 1. The first kappa shape index (κ1) is 18.5. The van der Waals surface area contributed by atoms with Crippen LogP contribution in [-0.4, -0.2) is 46.8 Å². The fraction of sp³-hybridized carbons (Fsp3) is 0.524. The average Bonchev–Trinajstić information content (AvgIpc) is 3.28. The van der Waals surface area contributed by atoms with Crippen LogP contribution in [0.3, 0.4) is 0 Å². The van der Waals surface area contributed by atoms with Crippen LogP contribution >= 0.6 is 0 Å². The number of likely N-dealkylation sites (tertiary alicyclic amines) is 1. The van der Waals surface area contributed by atoms with Crippen molar-refractivity contribution in [2.75, 3.05) is 26.2 Å². The van der Waals surface area contributed by atoms with Gasteiger partial charge in [0.25, 0.3) is 0 Å². The van der Waals surface area contributed by atoms with Gasteiger partial charge in [0.05, 0.1) is 6.20 Å². The smallest absolute Gasteiger partial charge is 0.193 e. The van der Waals surface area contributed by atoms with Crippen molar-refractivity contribution in [1.82, 2.24) is 20.0 Å². The van der Waals surface area contributed by atoms with Crippen LogP contribution in [0.15, 0.2) is 41.7 Å². The van der Waals surface area contributed by atoms with Crippen LogP contribution in [0.4, 0.5) is 0 Å². The van der Waals surface area contributed by atoms with Gasteiger partial charge in [-0.05, 0) is 31.4 Å². The molecular weight excluding hydrogens is 322 g/mol. The summed E-state index contributed by atoms with van der Waals surface area (Å²) in [5, 5.41) is 7.79. The molecule has 0 aliphatic carbocycles. The van der Waals surface area contributed by atoms with Gasteiger partial charge < -0.3 is 10.2 Å². The van der Waals surface area contributed by atoms with Crippen LogP contribution in [0, 0.1) is 6.92 Å². The Bertz CT molecular complexity index is 731. The van der Waals surface area contributed by atoms with Gasteiger partial charge in [0.1, 0.15) is 0 Å². The molecule has 2 atom stereocenters. The topological polar surface area (TPSA) is 45.5 Å². The Balaban J connectivity index is 1.64. The lowest BCUT2D eigenvalue weighted by molar-refractivity contribution is 0.485. The zero-order chi connectivity index (χ0) is 18.5. The Morgan fingerprint density at radius 3 is 2.77 bits per heavy atom. The predicted octanol–water partition coefficient (Wildman–Crippen LogP) is 3.29. The zero-order valence-electron chi connectivity index (χ0n) is 16.4. The summed E-state index contributed by atoms with van der Waals surface area (Å²) in [7, 11) is 1.98. The third-order valence-corrected chi connectivity index (χ3v) is 5.18. The van der Waals surface area contributed by atoms with Gasteiger partial charge in [-0.3, -0.25) is 9.67 Å². The summed E-state index contributed by atoms with van der Waals surface area (Å²) >= 11 is 0. The standard InChI is InChI=1S/C21H31N5/c1-5-22-21(23-12-17(3)18-8-6-16(2)7-9-18)26-11-10-19(15-26)20-13-24-25(4)14-20/h6-9,13-14,17,19H,5,10-12,15H2,1-4H3,(H,22,23). The van der Waals surface area contributed by atoms with E-state index in [4.69, 9.17) is 4.99 Å². The van der Waals surface area contributed by atoms with E-state index in [1.54, 1.807) is 0 Å². The molecule has 2 aromatic rings. The SMILES string of the molecule is CCNC(=NCC(C)c1ccc(C)cc1)N1CCC(c2cnn(C)c2)C1. The minimum absolute atomic E-state index is 0.418. The van der Waals surface area contributed by atoms with E-state index in [2.05, 4.69) is 66.5 Å². The molecule has 1 aromatic carbocycles. The Labute approximate surface area is 157 Å². The van der Waals surface area contributed by atoms with Gasteiger partial charge in [0.15, 0.2) is 5.96 Å². The number of hydrogen-bond donors (Lipinski definition) is 1. The third-order valence-electron chi connectivity index (χ3n) is 5.18. The maximum atomic E-state index is 4.94. The van der Waals surface area contributed by atoms with Crippen LogP contribution in [0.5, 0.6) is 0 Å². The lowest BCUT2D eigenvalue weighted by Crippen LogP contribution is -2.40. The minimum Gasteiger partial charge on any atom is -0.357 e. The molecule has 1 saturated heterocycles. The van der Waals surface area contributed by atoms with E-state index in [-0.39, 0.29) is 0 Å². The highest BCUT2D eigenvalue weighted by molar-refractivity contribution is 5.80. The van der Waals surface area contributed by atoms with Crippen molar-refractivity contribution in [3.05, 3.63) is 53.3 Å². The highest BCUT2D eigenvalue weighted by atomic mass is 15.3. The highest BCUT2D eigenvalue weighted by Gasteiger charge is 2.27. The van der Waals surface area contributed by atoms with Crippen molar-refractivity contribution >= 4 is 5.96 Å². The summed E-state index contributed by atoms with van der Waals surface area (Å²) in [6, 6.07) is 8.80. The highest BCUT2D eigenvalue weighted by Crippen LogP contribution is 2.27. The Hall–Kier alpha value is -2.30. The summed E-state index contributed by atoms with van der Waals surface area (Å²) in [6.07, 6.45) is 5.29. The molecule has 1 fully saturated rings. The first-order chi connectivity index (χ1) is 12.6. The maximum absolute atomic E-state index is 4.94. The first-order valence-electron chi connectivity index (χ1n) is 9.65. The van der Waals surface area contributed by atoms with Crippen molar-refractivity contribution in [2.24, 2.45) is 12.0 Å². The van der Waals surface area contributed by atoms with Crippen LogP contribution in [0.1, 0.15) is 48.8 Å². The van der Waals surface area contributed by atoms with Gasteiger partial charge in [-0.1, -0.05) is 36.8 Å². The second kappa shape index (κ2) is 8.39. The van der Waals surface area contributed by atoms with Crippen LogP contribution < -0.4 is 5.32 Å². The lowest BCUT2D eigenvalue weighted by atomic mass is 10.0. The van der Waals surface area contributed by atoms with Crippen LogP contribution in [0.25, 0.3) is 0 Å². The van der Waals surface area contributed by atoms with Gasteiger partial charge in [-0.15, -0.1) is 0 Å². The number of guanidine groups is 1. The number of aromatic nitrogens is 2. The molecule has 2 unspecified atom stereocenters. The fourth-order valence-electron chi connectivity index (χ4n) is 3.53. The average molecular weight is 354 g/mol. The molecule has 0 bridgehead atoms. The third kappa shape index (κ3) is 4.45. The summed E-state index contributed by atoms with van der Waals surface area (Å²) < 4.78 is 1.89. The van der Waals surface area contributed by atoms with E-state index < -0.39 is 0 Å². The first-order valence-corrected chi connectivity index (χ1v) is 9.65. The van der Waals surface area contributed by atoms with Gasteiger partial charge in [0.2, 0.25) is 0 Å². The molecule has 2 heterocycles. The van der Waals surface area contributed by atoms with Crippen molar-refractivity contribution < 1.29 is 0 Å². The summed E-state index contributed by atoms with van der Waals surface area (Å²) in [5.41, 5.74) is 3.99. The number of benzene rings is 1. The van der Waals surface area contributed by atoms with Crippen LogP contribution in [0.2, 0.25) is 0 Å². The van der Waals surface area contributed by atoms with E-state index in [0.717, 1.165) is 38.6 Å². The summed E-state index contributed by atoms with van der Waals surface area (Å²) in [4.78, 5) is 7.33. The lowest BCUT2D eigenvalue weighted by Gasteiger charge is -2.22. The van der Waals surface area contributed by atoms with Crippen molar-refractivity contribution in [2.45, 2.75) is 39.0 Å². The zero-order valence-corrected chi connectivity index (χ0v) is 16.4. The molecule has 1 N–H and O–H groups in total. The van der Waals surface area contributed by atoms with Gasteiger partial charge in [0, 0.05) is 51.3 Å². The van der Waals surface area contributed by atoms with Crippen molar-refractivity contribution in [1.29, 1.82) is 0 Å². The van der Waals surface area contributed by atoms with E-state index in [1.165, 1.54) is 16.7 Å². The van der Waals surface area contributed by atoms with Crippen molar-refractivity contribution in [3.63, 3.8) is 0 Å². The Morgan fingerprint density at radius 1 is 1.35 bits per heavy atom. The Morgan fingerprint density at radius 2 is 2.12 bits per heavy atom. The molecular formula is C21H31N5. The monoisotopic (exact) mass is 353 g/mol. The number of hydrogen-bond acceptors (Lipinski definition) is 2. The van der Waals surface area contributed by atoms with E-state index in [9.17, 15) is 0 Å². The van der Waals surface area contributed by atoms with E-state index in [0.29, 0.717) is 11.8 Å². The van der Waals surface area contributed by atoms with E-state index >= 15 is 0 Å². The molecule has 1 aliphatic heterocycles. The molecule has 5 heteroatoms. The molecule has 3 rings (SSSR count). The normalized spacial score (nSPS) is 19.0. The van der Waals surface area contributed by atoms with Gasteiger partial charge in [-0.2, -0.15) is 5.10 Å². The largest absolute Gasteiger partial charge is 0.357 e. The quantitative estimate of drug-likeness (QED) is 0.663. The second-order valence-electron chi connectivity index (χ2n) is 7.39. The van der Waals surface area contributed by atoms with Gasteiger partial charge in [-0.25, -0.2) is 0 Å². The molecule has 0 radical (unpaired) electrons. The van der Waals surface area contributed by atoms with Crippen LogP contribution in [-0.2, 0) is 7.05 Å². The summed E-state index contributed by atoms with van der Waals surface area (Å²) in [5.74, 6) is 2.00. The van der Waals surface area contributed by atoms with E-state index in [1.807, 2.05) is 17.9 Å². The number of rotatable bonds is 5. The minimum atomic E-state index is 0.418.